The minimum Gasteiger partial charge on any atom is -0.507 e. The second-order valence-corrected chi connectivity index (χ2v) is 8.29. The Bertz CT molecular complexity index is 969. The molecule has 0 saturated carbocycles. The van der Waals surface area contributed by atoms with E-state index in [1.807, 2.05) is 49.3 Å². The average Bonchev–Trinajstić information content (AvgIpc) is 3.05. The van der Waals surface area contributed by atoms with E-state index < -0.39 is 17.7 Å². The maximum absolute atomic E-state index is 13.0. The Balaban J connectivity index is 2.02. The van der Waals surface area contributed by atoms with Crippen molar-refractivity contribution in [1.29, 1.82) is 0 Å². The number of rotatable bonds is 10. The zero-order valence-corrected chi connectivity index (χ0v) is 19.1. The van der Waals surface area contributed by atoms with Gasteiger partial charge in [0.15, 0.2) is 0 Å². The number of hydrogen-bond donors (Lipinski definition) is 1. The maximum atomic E-state index is 13.0. The number of ketones is 1. The third-order valence-electron chi connectivity index (χ3n) is 5.57. The average molecular weight is 437 g/mol. The Morgan fingerprint density at radius 1 is 1.06 bits per heavy atom. The lowest BCUT2D eigenvalue weighted by Gasteiger charge is -2.27. The summed E-state index contributed by atoms with van der Waals surface area (Å²) in [6, 6.07) is 15.7. The van der Waals surface area contributed by atoms with Gasteiger partial charge in [0.25, 0.3) is 11.7 Å². The molecule has 170 valence electrons. The molecule has 1 fully saturated rings. The number of Topliss-reactive ketones (excluding diaryl/α,β-unsaturated/α-hetero) is 1. The van der Waals surface area contributed by atoms with Crippen LogP contribution in [0.3, 0.4) is 0 Å². The quantitative estimate of drug-likeness (QED) is 0.261. The molecule has 32 heavy (non-hydrogen) atoms. The first-order valence-electron chi connectivity index (χ1n) is 11.1. The fourth-order valence-corrected chi connectivity index (χ4v) is 3.83. The number of likely N-dealkylation sites (tertiary alicyclic amines) is 1. The van der Waals surface area contributed by atoms with Gasteiger partial charge < -0.3 is 19.6 Å². The van der Waals surface area contributed by atoms with E-state index in [4.69, 9.17) is 4.74 Å². The zero-order valence-electron chi connectivity index (χ0n) is 19.1. The van der Waals surface area contributed by atoms with E-state index in [0.717, 1.165) is 24.8 Å². The summed E-state index contributed by atoms with van der Waals surface area (Å²) in [5.41, 5.74) is 1.37. The number of hydrogen-bond acceptors (Lipinski definition) is 5. The van der Waals surface area contributed by atoms with E-state index in [2.05, 4.69) is 6.92 Å². The van der Waals surface area contributed by atoms with E-state index in [-0.39, 0.29) is 11.3 Å². The number of aliphatic hydroxyl groups is 1. The van der Waals surface area contributed by atoms with Crippen LogP contribution in [0.25, 0.3) is 5.76 Å². The molecular weight excluding hydrogens is 404 g/mol. The predicted molar refractivity (Wildman–Crippen MR) is 125 cm³/mol. The van der Waals surface area contributed by atoms with E-state index in [0.29, 0.717) is 31.0 Å². The molecule has 1 aliphatic rings. The van der Waals surface area contributed by atoms with Crippen LogP contribution in [0, 0.1) is 0 Å². The third kappa shape index (κ3) is 5.37. The lowest BCUT2D eigenvalue weighted by molar-refractivity contribution is -0.140. The molecule has 0 aliphatic carbocycles. The Labute approximate surface area is 190 Å². The van der Waals surface area contributed by atoms with Gasteiger partial charge in [0, 0.05) is 18.7 Å². The minimum absolute atomic E-state index is 0.114. The number of benzene rings is 2. The molecule has 2 aromatic rings. The SMILES string of the molecule is CCCCCOc1cccc(C2/C(=C(\O)c3ccccc3)C(=O)C(=O)N2CCN(C)C)c1. The molecule has 1 heterocycles. The molecule has 1 N–H and O–H groups in total. The van der Waals surface area contributed by atoms with Gasteiger partial charge in [0.05, 0.1) is 18.2 Å². The molecule has 0 bridgehead atoms. The summed E-state index contributed by atoms with van der Waals surface area (Å²) in [5, 5.41) is 11.0. The van der Waals surface area contributed by atoms with Crippen molar-refractivity contribution in [3.63, 3.8) is 0 Å². The normalized spacial score (nSPS) is 17.9. The number of unbranched alkanes of at least 4 members (excludes halogenated alkanes) is 2. The Hall–Kier alpha value is -3.12. The van der Waals surface area contributed by atoms with Crippen molar-refractivity contribution < 1.29 is 19.4 Å². The van der Waals surface area contributed by atoms with Gasteiger partial charge in [-0.1, -0.05) is 62.2 Å². The fraction of sp³-hybridized carbons (Fsp3) is 0.385. The number of likely N-dealkylation sites (N-methyl/N-ethyl adjacent to an activating group) is 1. The number of aliphatic hydroxyl groups excluding tert-OH is 1. The zero-order chi connectivity index (χ0) is 23.1. The van der Waals surface area contributed by atoms with Crippen LogP contribution >= 0.6 is 0 Å². The molecule has 6 heteroatoms. The van der Waals surface area contributed by atoms with Crippen molar-refractivity contribution in [3.8, 4) is 5.75 Å². The van der Waals surface area contributed by atoms with Crippen LogP contribution in [0.5, 0.6) is 5.75 Å². The topological polar surface area (TPSA) is 70.1 Å². The molecule has 2 aromatic carbocycles. The lowest BCUT2D eigenvalue weighted by Crippen LogP contribution is -2.35. The van der Waals surface area contributed by atoms with Gasteiger partial charge in [-0.25, -0.2) is 0 Å². The summed E-state index contributed by atoms with van der Waals surface area (Å²) in [6.07, 6.45) is 3.18. The molecule has 0 aromatic heterocycles. The Morgan fingerprint density at radius 3 is 2.50 bits per heavy atom. The molecule has 1 amide bonds. The molecule has 1 atom stereocenters. The van der Waals surface area contributed by atoms with Gasteiger partial charge >= 0.3 is 0 Å². The summed E-state index contributed by atoms with van der Waals surface area (Å²) in [5.74, 6) is -0.722. The van der Waals surface area contributed by atoms with Crippen LogP contribution in [-0.2, 0) is 9.59 Å². The first-order valence-corrected chi connectivity index (χ1v) is 11.1. The summed E-state index contributed by atoms with van der Waals surface area (Å²) < 4.78 is 5.90. The highest BCUT2D eigenvalue weighted by molar-refractivity contribution is 6.46. The standard InChI is InChI=1S/C26H32N2O4/c1-4-5-9-17-32-21-14-10-13-20(18-21)23-22(24(29)19-11-7-6-8-12-19)25(30)26(31)28(23)16-15-27(2)3/h6-8,10-14,18,23,29H,4-5,9,15-17H2,1-3H3/b24-22+. The number of ether oxygens (including phenoxy) is 1. The van der Waals surface area contributed by atoms with Crippen molar-refractivity contribution in [2.24, 2.45) is 0 Å². The van der Waals surface area contributed by atoms with Gasteiger partial charge in [-0.3, -0.25) is 9.59 Å². The lowest BCUT2D eigenvalue weighted by atomic mass is 9.95. The van der Waals surface area contributed by atoms with Crippen molar-refractivity contribution in [2.75, 3.05) is 33.8 Å². The van der Waals surface area contributed by atoms with Gasteiger partial charge in [-0.2, -0.15) is 0 Å². The van der Waals surface area contributed by atoms with Crippen LogP contribution in [0.1, 0.15) is 43.4 Å². The molecule has 0 radical (unpaired) electrons. The van der Waals surface area contributed by atoms with Gasteiger partial charge in [-0.15, -0.1) is 0 Å². The van der Waals surface area contributed by atoms with Crippen LogP contribution in [0.4, 0.5) is 0 Å². The van der Waals surface area contributed by atoms with E-state index in [1.165, 1.54) is 0 Å². The third-order valence-corrected chi connectivity index (χ3v) is 5.57. The summed E-state index contributed by atoms with van der Waals surface area (Å²) in [4.78, 5) is 29.5. The van der Waals surface area contributed by atoms with E-state index >= 15 is 0 Å². The molecule has 6 nitrogen and oxygen atoms in total. The largest absolute Gasteiger partial charge is 0.507 e. The smallest absolute Gasteiger partial charge is 0.295 e. The van der Waals surface area contributed by atoms with Crippen LogP contribution in [0.15, 0.2) is 60.2 Å². The van der Waals surface area contributed by atoms with Crippen LogP contribution in [-0.4, -0.2) is 60.4 Å². The number of amides is 1. The molecule has 3 rings (SSSR count). The highest BCUT2D eigenvalue weighted by Gasteiger charge is 2.46. The number of carbonyl (C=O) groups is 2. The van der Waals surface area contributed by atoms with Gasteiger partial charge in [0.1, 0.15) is 11.5 Å². The van der Waals surface area contributed by atoms with Crippen LogP contribution in [0.2, 0.25) is 0 Å². The summed E-state index contributed by atoms with van der Waals surface area (Å²) in [6.45, 7) is 3.73. The van der Waals surface area contributed by atoms with Gasteiger partial charge in [-0.05, 0) is 38.2 Å². The maximum Gasteiger partial charge on any atom is 0.295 e. The van der Waals surface area contributed by atoms with E-state index in [1.54, 1.807) is 29.2 Å². The molecule has 1 unspecified atom stereocenters. The molecule has 1 saturated heterocycles. The van der Waals surface area contributed by atoms with Crippen LogP contribution < -0.4 is 4.74 Å². The summed E-state index contributed by atoms with van der Waals surface area (Å²) >= 11 is 0. The Kier molecular flexibility index (Phi) is 8.06. The second kappa shape index (κ2) is 11.0. The van der Waals surface area contributed by atoms with Crippen molar-refractivity contribution in [1.82, 2.24) is 9.80 Å². The Morgan fingerprint density at radius 2 is 1.81 bits per heavy atom. The fourth-order valence-electron chi connectivity index (χ4n) is 3.83. The highest BCUT2D eigenvalue weighted by atomic mass is 16.5. The molecule has 0 spiro atoms. The number of carbonyl (C=O) groups excluding carboxylic acids is 2. The first kappa shape index (κ1) is 23.5. The van der Waals surface area contributed by atoms with Crippen molar-refractivity contribution in [2.45, 2.75) is 32.2 Å². The van der Waals surface area contributed by atoms with Crippen molar-refractivity contribution >= 4 is 17.4 Å². The highest BCUT2D eigenvalue weighted by Crippen LogP contribution is 2.40. The van der Waals surface area contributed by atoms with E-state index in [9.17, 15) is 14.7 Å². The predicted octanol–water partition coefficient (Wildman–Crippen LogP) is 4.24. The second-order valence-electron chi connectivity index (χ2n) is 8.29. The monoisotopic (exact) mass is 436 g/mol. The number of nitrogens with zero attached hydrogens (tertiary/aromatic N) is 2. The first-order chi connectivity index (χ1) is 15.4. The summed E-state index contributed by atoms with van der Waals surface area (Å²) in [7, 11) is 3.83. The minimum atomic E-state index is -0.672. The molecule has 1 aliphatic heterocycles. The molecular formula is C26H32N2O4. The van der Waals surface area contributed by atoms with Gasteiger partial charge in [0.2, 0.25) is 0 Å². The van der Waals surface area contributed by atoms with Crippen molar-refractivity contribution in [3.05, 3.63) is 71.3 Å².